The molecule has 0 bridgehead atoms. The summed E-state index contributed by atoms with van der Waals surface area (Å²) in [7, 11) is -1.32. The van der Waals surface area contributed by atoms with Crippen LogP contribution in [0, 0.1) is 5.92 Å². The Hall–Kier alpha value is -1.93. The van der Waals surface area contributed by atoms with Crippen molar-refractivity contribution in [3.8, 4) is 0 Å². The zero-order valence-corrected chi connectivity index (χ0v) is 26.4. The summed E-state index contributed by atoms with van der Waals surface area (Å²) < 4.78 is 5.01. The van der Waals surface area contributed by atoms with Gasteiger partial charge in [0.05, 0.1) is 0 Å². The molecule has 0 saturated carbocycles. The van der Waals surface area contributed by atoms with Gasteiger partial charge in [-0.05, 0) is 0 Å². The summed E-state index contributed by atoms with van der Waals surface area (Å²) in [6, 6.07) is 35.3. The molecule has 0 heterocycles. The first kappa shape index (κ1) is 27.1. The van der Waals surface area contributed by atoms with Crippen LogP contribution < -0.4 is 0 Å². The van der Waals surface area contributed by atoms with Gasteiger partial charge in [-0.25, -0.2) is 0 Å². The van der Waals surface area contributed by atoms with E-state index in [9.17, 15) is 0 Å². The first-order valence-corrected chi connectivity index (χ1v) is 28.0. The van der Waals surface area contributed by atoms with E-state index in [1.165, 1.54) is 22.7 Å². The molecule has 4 rings (SSSR count). The fourth-order valence-electron chi connectivity index (χ4n) is 8.91. The van der Waals surface area contributed by atoms with Gasteiger partial charge in [0.25, 0.3) is 0 Å². The minimum absolute atomic E-state index is 0.498. The third kappa shape index (κ3) is 5.08. The van der Waals surface area contributed by atoms with Crippen LogP contribution in [0.2, 0.25) is 46.6 Å². The average Bonchev–Trinajstić information content (AvgIpc) is 3.24. The van der Waals surface area contributed by atoms with Gasteiger partial charge in [0.15, 0.2) is 0 Å². The van der Waals surface area contributed by atoms with E-state index >= 15 is 0 Å². The predicted molar refractivity (Wildman–Crippen MR) is 163 cm³/mol. The zero-order valence-electron chi connectivity index (χ0n) is 23.8. The number of allylic oxidation sites excluding steroid dienone is 4. The first-order valence-electron chi connectivity index (χ1n) is 13.9. The molecule has 1 aliphatic carbocycles. The van der Waals surface area contributed by atoms with E-state index in [0.29, 0.717) is 5.92 Å². The molecule has 1 unspecified atom stereocenters. The summed E-state index contributed by atoms with van der Waals surface area (Å²) in [4.78, 5) is 0. The van der Waals surface area contributed by atoms with Crippen molar-refractivity contribution >= 4 is 8.07 Å². The van der Waals surface area contributed by atoms with E-state index in [1.54, 1.807) is 3.88 Å². The van der Waals surface area contributed by atoms with Gasteiger partial charge in [-0.15, -0.1) is 0 Å². The van der Waals surface area contributed by atoms with Crippen molar-refractivity contribution in [1.29, 1.82) is 0 Å². The second-order valence-electron chi connectivity index (χ2n) is 18.9. The standard InChI is InChI=1S/C9H15Si.3C7H7.4CH3.Ti/c1-10(2,3)8-9-6-4-5-7-9;3*1-7-5-3-2-4-6-7;;;;;/h4-6,9H,8H2,1-3H3;3*2-6H,1H2;4*1H3;. The van der Waals surface area contributed by atoms with E-state index in [2.05, 4.69) is 150 Å². The molecule has 0 nitrogen and oxygen atoms in total. The average molecular weight is 533 g/mol. The van der Waals surface area contributed by atoms with Crippen molar-refractivity contribution in [3.05, 3.63) is 130 Å². The molecule has 0 saturated heterocycles. The number of rotatable bonds is 9. The molecule has 0 aromatic heterocycles. The molecule has 0 aliphatic heterocycles. The maximum absolute atomic E-state index is 5.26. The summed E-state index contributed by atoms with van der Waals surface area (Å²) >= 11 is -5.26. The number of hydrogen-bond acceptors (Lipinski definition) is 0. The number of benzene rings is 3. The summed E-state index contributed by atoms with van der Waals surface area (Å²) in [5, 5.41) is 11.2. The van der Waals surface area contributed by atoms with Crippen LogP contribution in [0.15, 0.2) is 113 Å². The maximum atomic E-state index is 2.80. The molecular weight excluding hydrogens is 484 g/mol. The Morgan fingerprint density at radius 3 is 1.28 bits per heavy atom. The summed E-state index contributed by atoms with van der Waals surface area (Å²) in [5.74, 6) is 0.498. The van der Waals surface area contributed by atoms with E-state index in [4.69, 9.17) is 0 Å². The fraction of sp³-hybridized carbons (Fsp3) is 0.353. The predicted octanol–water partition coefficient (Wildman–Crippen LogP) is 10.5. The Morgan fingerprint density at radius 1 is 0.583 bits per heavy atom. The van der Waals surface area contributed by atoms with Gasteiger partial charge in [-0.3, -0.25) is 0 Å². The van der Waals surface area contributed by atoms with Crippen LogP contribution in [0.5, 0.6) is 0 Å². The summed E-state index contributed by atoms with van der Waals surface area (Å²) in [6.07, 6.45) is 7.50. The molecule has 3 aromatic rings. The van der Waals surface area contributed by atoms with Gasteiger partial charge in [0.2, 0.25) is 0 Å². The second-order valence-corrected chi connectivity index (χ2v) is 56.7. The summed E-state index contributed by atoms with van der Waals surface area (Å²) in [6.45, 7) is 7.60. The molecule has 192 valence electrons. The van der Waals surface area contributed by atoms with E-state index < -0.39 is 19.5 Å². The Bertz CT molecular complexity index is 1230. The van der Waals surface area contributed by atoms with Crippen LogP contribution >= 0.6 is 0 Å². The van der Waals surface area contributed by atoms with E-state index in [1.807, 2.05) is 0 Å². The van der Waals surface area contributed by atoms with Crippen LogP contribution in [-0.4, -0.2) is 8.07 Å². The monoisotopic (exact) mass is 532 g/mol. The molecule has 36 heavy (non-hydrogen) atoms. The Kier molecular flexibility index (Phi) is 5.37. The first-order chi connectivity index (χ1) is 16.5. The third-order valence-corrected chi connectivity index (χ3v) is 29.6. The van der Waals surface area contributed by atoms with E-state index in [0.717, 1.165) is 14.2 Å². The zero-order chi connectivity index (χ0) is 26.3. The molecule has 1 aliphatic rings. The molecule has 3 aromatic carbocycles. The SMILES string of the molecule is C[Si](C)(C)CC1C=CC=[C]1[Ti]([CH3])([CH3])([CH3])([CH3])([CH2]c1ccccc1)([CH2]c1ccccc1)[CH2]c1ccccc1. The molecule has 0 N–H and O–H groups in total. The van der Waals surface area contributed by atoms with Crippen LogP contribution in [0.25, 0.3) is 0 Å². The Labute approximate surface area is 215 Å². The van der Waals surface area contributed by atoms with Crippen LogP contribution in [0.4, 0.5) is 0 Å². The molecule has 0 fully saturated rings. The quantitative estimate of drug-likeness (QED) is 0.240. The van der Waals surface area contributed by atoms with Crippen LogP contribution in [0.3, 0.4) is 0 Å². The molecule has 1 atom stereocenters. The second kappa shape index (κ2) is 7.13. The van der Waals surface area contributed by atoms with Crippen molar-refractivity contribution in [1.82, 2.24) is 0 Å². The van der Waals surface area contributed by atoms with Crippen molar-refractivity contribution in [2.24, 2.45) is 5.92 Å². The van der Waals surface area contributed by atoms with Gasteiger partial charge < -0.3 is 0 Å². The van der Waals surface area contributed by atoms with Crippen molar-refractivity contribution in [2.45, 2.75) is 60.8 Å². The van der Waals surface area contributed by atoms with Crippen molar-refractivity contribution < 1.29 is 11.5 Å². The molecular formula is C34H48SiTi. The molecule has 0 radical (unpaired) electrons. The molecule has 2 heteroatoms. The van der Waals surface area contributed by atoms with Crippen LogP contribution in [-0.2, 0) is 25.6 Å². The van der Waals surface area contributed by atoms with Crippen molar-refractivity contribution in [3.63, 3.8) is 0 Å². The van der Waals surface area contributed by atoms with Gasteiger partial charge in [0, 0.05) is 0 Å². The van der Waals surface area contributed by atoms with Gasteiger partial charge >= 0.3 is 216 Å². The van der Waals surface area contributed by atoms with Gasteiger partial charge in [-0.2, -0.15) is 0 Å². The molecule has 0 spiro atoms. The van der Waals surface area contributed by atoms with Crippen molar-refractivity contribution in [2.75, 3.05) is 0 Å². The van der Waals surface area contributed by atoms with Gasteiger partial charge in [0.1, 0.15) is 0 Å². The topological polar surface area (TPSA) is 0 Å². The minimum atomic E-state index is -5.26. The third-order valence-electron chi connectivity index (χ3n) is 9.90. The van der Waals surface area contributed by atoms with Gasteiger partial charge in [-0.1, -0.05) is 0 Å². The van der Waals surface area contributed by atoms with E-state index in [-0.39, 0.29) is 0 Å². The Morgan fingerprint density at radius 2 is 0.944 bits per heavy atom. The molecule has 0 amide bonds. The Balaban J connectivity index is 2.13. The fourth-order valence-corrected chi connectivity index (χ4v) is 30.5. The normalized spacial score (nSPS) is 20.5. The van der Waals surface area contributed by atoms with Crippen LogP contribution in [0.1, 0.15) is 16.7 Å². The number of hydrogen-bond donors (Lipinski definition) is 0. The summed E-state index contributed by atoms with van der Waals surface area (Å²) in [5.41, 5.74) is 4.37.